The minimum atomic E-state index is -0.859. The first-order chi connectivity index (χ1) is 13.3. The number of hydrogen-bond donors (Lipinski definition) is 2. The largest absolute Gasteiger partial charge is 0.452 e. The minimum absolute atomic E-state index is 0.0113. The second-order valence-corrected chi connectivity index (χ2v) is 6.18. The van der Waals surface area contributed by atoms with Crippen molar-refractivity contribution in [2.75, 3.05) is 13.2 Å². The van der Waals surface area contributed by atoms with Crippen LogP contribution in [0.25, 0.3) is 0 Å². The molecule has 0 saturated carbocycles. The van der Waals surface area contributed by atoms with E-state index in [1.54, 1.807) is 6.92 Å². The van der Waals surface area contributed by atoms with E-state index >= 15 is 0 Å². The molecule has 1 atom stereocenters. The van der Waals surface area contributed by atoms with Crippen molar-refractivity contribution in [2.24, 2.45) is 0 Å². The van der Waals surface area contributed by atoms with Gasteiger partial charge in [0.2, 0.25) is 0 Å². The van der Waals surface area contributed by atoms with Gasteiger partial charge in [0.15, 0.2) is 6.61 Å². The van der Waals surface area contributed by atoms with Crippen LogP contribution >= 0.6 is 0 Å². The maximum atomic E-state index is 12.3. The quantitative estimate of drug-likeness (QED) is 0.412. The molecule has 1 aromatic carbocycles. The number of ether oxygens (including phenoxy) is 1. The van der Waals surface area contributed by atoms with Crippen molar-refractivity contribution in [3.05, 3.63) is 47.5 Å². The van der Waals surface area contributed by atoms with Crippen molar-refractivity contribution >= 4 is 29.7 Å². The third kappa shape index (κ3) is 4.61. The van der Waals surface area contributed by atoms with E-state index in [1.165, 1.54) is 24.3 Å². The van der Waals surface area contributed by atoms with Gasteiger partial charge in [0.25, 0.3) is 17.7 Å². The lowest BCUT2D eigenvalue weighted by Crippen LogP contribution is -2.44. The van der Waals surface area contributed by atoms with E-state index < -0.39 is 36.3 Å². The highest BCUT2D eigenvalue weighted by Crippen LogP contribution is 2.24. The maximum Gasteiger partial charge on any atom is 0.338 e. The van der Waals surface area contributed by atoms with Crippen molar-refractivity contribution in [1.82, 2.24) is 15.5 Å². The SMILES string of the molecule is C=CCN1C(=O)c2ccc(C(=O)OCC(=O)NC(=O)N[C@H](C)CC)cc2C1=O. The van der Waals surface area contributed by atoms with E-state index in [-0.39, 0.29) is 29.3 Å². The monoisotopic (exact) mass is 387 g/mol. The Morgan fingerprint density at radius 2 is 1.89 bits per heavy atom. The molecule has 2 rings (SSSR count). The molecule has 0 aromatic heterocycles. The first kappa shape index (κ1) is 20.8. The number of nitrogens with one attached hydrogen (secondary N) is 2. The molecular weight excluding hydrogens is 366 g/mol. The molecule has 148 valence electrons. The van der Waals surface area contributed by atoms with Gasteiger partial charge in [-0.2, -0.15) is 0 Å². The fourth-order valence-corrected chi connectivity index (χ4v) is 2.45. The Hall–Kier alpha value is -3.49. The third-order valence-corrected chi connectivity index (χ3v) is 4.10. The summed E-state index contributed by atoms with van der Waals surface area (Å²) in [6.45, 7) is 6.54. The van der Waals surface area contributed by atoms with Gasteiger partial charge in [-0.15, -0.1) is 6.58 Å². The molecule has 28 heavy (non-hydrogen) atoms. The van der Waals surface area contributed by atoms with E-state index in [1.807, 2.05) is 12.2 Å². The molecule has 0 spiro atoms. The molecule has 1 heterocycles. The number of nitrogens with zero attached hydrogens (tertiary/aromatic N) is 1. The molecule has 0 unspecified atom stereocenters. The summed E-state index contributed by atoms with van der Waals surface area (Å²) in [5, 5.41) is 4.58. The van der Waals surface area contributed by atoms with Gasteiger partial charge in [-0.1, -0.05) is 13.0 Å². The standard InChI is InChI=1S/C19H21N3O6/c1-4-8-22-16(24)13-7-6-12(9-14(13)17(22)25)18(26)28-10-15(23)21-19(27)20-11(3)5-2/h4,6-7,9,11H,1,5,8,10H2,2-3H3,(H2,20,21,23,27)/t11-/m1/s1. The van der Waals surface area contributed by atoms with E-state index in [0.29, 0.717) is 6.42 Å². The first-order valence-electron chi connectivity index (χ1n) is 8.67. The number of carbonyl (C=O) groups is 5. The fourth-order valence-electron chi connectivity index (χ4n) is 2.45. The Labute approximate surface area is 161 Å². The average Bonchev–Trinajstić information content (AvgIpc) is 2.90. The lowest BCUT2D eigenvalue weighted by molar-refractivity contribution is -0.123. The van der Waals surface area contributed by atoms with E-state index in [0.717, 1.165) is 4.90 Å². The first-order valence-corrected chi connectivity index (χ1v) is 8.67. The van der Waals surface area contributed by atoms with E-state index in [9.17, 15) is 24.0 Å². The van der Waals surface area contributed by atoms with Crippen LogP contribution in [0.2, 0.25) is 0 Å². The van der Waals surface area contributed by atoms with Crippen molar-refractivity contribution < 1.29 is 28.7 Å². The van der Waals surface area contributed by atoms with Crippen LogP contribution in [0.1, 0.15) is 51.3 Å². The number of amides is 5. The molecule has 1 aliphatic heterocycles. The number of esters is 1. The summed E-state index contributed by atoms with van der Waals surface area (Å²) in [4.78, 5) is 60.8. The Kier molecular flexibility index (Phi) is 6.64. The summed E-state index contributed by atoms with van der Waals surface area (Å²) in [6, 6.07) is 3.14. The second-order valence-electron chi connectivity index (χ2n) is 6.18. The molecule has 9 heteroatoms. The van der Waals surface area contributed by atoms with Crippen LogP contribution in [0, 0.1) is 0 Å². The Bertz CT molecular complexity index is 848. The number of carbonyl (C=O) groups excluding carboxylic acids is 5. The van der Waals surface area contributed by atoms with Crippen LogP contribution < -0.4 is 10.6 Å². The minimum Gasteiger partial charge on any atom is -0.452 e. The Balaban J connectivity index is 1.97. The van der Waals surface area contributed by atoms with E-state index in [2.05, 4.69) is 11.9 Å². The van der Waals surface area contributed by atoms with Gasteiger partial charge in [-0.3, -0.25) is 24.6 Å². The second kappa shape index (κ2) is 8.94. The normalized spacial score (nSPS) is 13.6. The number of imide groups is 2. The van der Waals surface area contributed by atoms with Crippen LogP contribution in [0.15, 0.2) is 30.9 Å². The molecular formula is C19H21N3O6. The summed E-state index contributed by atoms with van der Waals surface area (Å²) < 4.78 is 4.86. The summed E-state index contributed by atoms with van der Waals surface area (Å²) in [5.74, 6) is -2.65. The van der Waals surface area contributed by atoms with Crippen LogP contribution in [0.5, 0.6) is 0 Å². The molecule has 0 bridgehead atoms. The summed E-state index contributed by atoms with van der Waals surface area (Å²) in [5.41, 5.74) is 0.277. The van der Waals surface area contributed by atoms with Gasteiger partial charge in [0.05, 0.1) is 16.7 Å². The maximum absolute atomic E-state index is 12.3. The summed E-state index contributed by atoms with van der Waals surface area (Å²) in [6.07, 6.45) is 2.12. The van der Waals surface area contributed by atoms with Gasteiger partial charge in [0, 0.05) is 12.6 Å². The molecule has 0 aliphatic carbocycles. The highest BCUT2D eigenvalue weighted by molar-refractivity contribution is 6.22. The van der Waals surface area contributed by atoms with Gasteiger partial charge in [0.1, 0.15) is 0 Å². The van der Waals surface area contributed by atoms with Gasteiger partial charge >= 0.3 is 12.0 Å². The predicted molar refractivity (Wildman–Crippen MR) is 98.7 cm³/mol. The molecule has 2 N–H and O–H groups in total. The zero-order valence-corrected chi connectivity index (χ0v) is 15.6. The zero-order chi connectivity index (χ0) is 20.8. The van der Waals surface area contributed by atoms with Crippen molar-refractivity contribution in [2.45, 2.75) is 26.3 Å². The van der Waals surface area contributed by atoms with Crippen molar-refractivity contribution in [3.63, 3.8) is 0 Å². The van der Waals surface area contributed by atoms with Crippen LogP contribution in [0.3, 0.4) is 0 Å². The number of fused-ring (bicyclic) bond motifs is 1. The summed E-state index contributed by atoms with van der Waals surface area (Å²) in [7, 11) is 0. The molecule has 9 nitrogen and oxygen atoms in total. The Morgan fingerprint density at radius 3 is 2.54 bits per heavy atom. The number of rotatable bonds is 7. The molecule has 0 fully saturated rings. The zero-order valence-electron chi connectivity index (χ0n) is 15.6. The third-order valence-electron chi connectivity index (χ3n) is 4.10. The number of urea groups is 1. The lowest BCUT2D eigenvalue weighted by Gasteiger charge is -2.11. The molecule has 5 amide bonds. The van der Waals surface area contributed by atoms with Crippen LogP contribution in [-0.2, 0) is 9.53 Å². The average molecular weight is 387 g/mol. The molecule has 1 aliphatic rings. The highest BCUT2D eigenvalue weighted by atomic mass is 16.5. The topological polar surface area (TPSA) is 122 Å². The van der Waals surface area contributed by atoms with Crippen molar-refractivity contribution in [3.8, 4) is 0 Å². The van der Waals surface area contributed by atoms with Crippen molar-refractivity contribution in [1.29, 1.82) is 0 Å². The van der Waals surface area contributed by atoms with Crippen LogP contribution in [-0.4, -0.2) is 53.8 Å². The molecule has 0 radical (unpaired) electrons. The Morgan fingerprint density at radius 1 is 1.21 bits per heavy atom. The van der Waals surface area contributed by atoms with Gasteiger partial charge in [-0.25, -0.2) is 9.59 Å². The number of benzene rings is 1. The lowest BCUT2D eigenvalue weighted by atomic mass is 10.1. The highest BCUT2D eigenvalue weighted by Gasteiger charge is 2.35. The summed E-state index contributed by atoms with van der Waals surface area (Å²) >= 11 is 0. The smallest absolute Gasteiger partial charge is 0.338 e. The van der Waals surface area contributed by atoms with E-state index in [4.69, 9.17) is 4.74 Å². The van der Waals surface area contributed by atoms with Gasteiger partial charge in [-0.05, 0) is 31.5 Å². The number of hydrogen-bond acceptors (Lipinski definition) is 6. The van der Waals surface area contributed by atoms with Crippen LogP contribution in [0.4, 0.5) is 4.79 Å². The molecule has 1 aromatic rings. The van der Waals surface area contributed by atoms with Gasteiger partial charge < -0.3 is 10.1 Å². The fraction of sp³-hybridized carbons (Fsp3) is 0.316. The molecule has 0 saturated heterocycles. The predicted octanol–water partition coefficient (Wildman–Crippen LogP) is 1.25.